The summed E-state index contributed by atoms with van der Waals surface area (Å²) in [5, 5.41) is 0. The summed E-state index contributed by atoms with van der Waals surface area (Å²) >= 11 is 0. The lowest BCUT2D eigenvalue weighted by Crippen LogP contribution is -2.81. The third kappa shape index (κ3) is 10.6. The molecule has 0 fully saturated rings. The minimum atomic E-state index is -7.22. The Kier molecular flexibility index (Phi) is 16.9. The maximum atomic E-state index is 15.4. The minimum Gasteiger partial charge on any atom is -0.456 e. The predicted octanol–water partition coefficient (Wildman–Crippen LogP) is 9.85. The third-order valence-electron chi connectivity index (χ3n) is 9.77. The van der Waals surface area contributed by atoms with Crippen molar-refractivity contribution >= 4 is 56.4 Å². The van der Waals surface area contributed by atoms with Crippen molar-refractivity contribution in [2.75, 3.05) is 18.3 Å². The maximum Gasteiger partial charge on any atom is 0.346 e. The number of rotatable bonds is 9. The van der Waals surface area contributed by atoms with E-state index in [1.807, 2.05) is 30.3 Å². The van der Waals surface area contributed by atoms with Gasteiger partial charge in [-0.05, 0) is 58.0 Å². The number of carbonyl (C=O) groups excluding carboxylic acids is 2. The van der Waals surface area contributed by atoms with Crippen molar-refractivity contribution in [1.29, 1.82) is 0 Å². The molecule has 0 atom stereocenters. The van der Waals surface area contributed by atoms with Gasteiger partial charge in [0.15, 0.2) is 75.4 Å². The average molecular weight is 1060 g/mol. The molecule has 5 aromatic rings. The number of halogens is 20. The fraction of sp³-hybridized carbons (Fsp3) is 0.244. The Morgan fingerprint density at radius 3 is 0.803 bits per heavy atom. The lowest BCUT2D eigenvalue weighted by molar-refractivity contribution is -0.158. The Hall–Kier alpha value is -6.21. The normalized spacial score (nSPS) is 12.0. The first-order valence-electron chi connectivity index (χ1n) is 19.5. The summed E-state index contributed by atoms with van der Waals surface area (Å²) in [6.07, 6.45) is -3.07. The van der Waals surface area contributed by atoms with Crippen molar-refractivity contribution < 1.29 is 107 Å². The van der Waals surface area contributed by atoms with Crippen LogP contribution in [-0.4, -0.2) is 47.6 Å². The molecule has 0 aliphatic carbocycles. The van der Waals surface area contributed by atoms with Gasteiger partial charge in [0.05, 0.1) is 12.5 Å². The molecule has 0 aromatic heterocycles. The molecule has 0 bridgehead atoms. The van der Waals surface area contributed by atoms with Crippen LogP contribution < -0.4 is 21.9 Å². The first-order valence-corrected chi connectivity index (χ1v) is 21.7. The summed E-state index contributed by atoms with van der Waals surface area (Å²) < 4.78 is 305. The molecule has 0 aliphatic heterocycles. The smallest absolute Gasteiger partial charge is 0.346 e. The first kappa shape index (κ1) is 57.4. The molecular weight excluding hydrogens is 1030 g/mol. The molecule has 0 N–H and O–H groups in total. The zero-order valence-electron chi connectivity index (χ0n) is 37.3. The van der Waals surface area contributed by atoms with Gasteiger partial charge in [-0.1, -0.05) is 30.3 Å². The van der Waals surface area contributed by atoms with Crippen LogP contribution in [0.15, 0.2) is 35.9 Å². The van der Waals surface area contributed by atoms with Crippen molar-refractivity contribution in [2.24, 2.45) is 0 Å². The first-order chi connectivity index (χ1) is 32.5. The van der Waals surface area contributed by atoms with E-state index in [1.54, 1.807) is 41.5 Å². The second-order valence-electron chi connectivity index (χ2n) is 17.2. The van der Waals surface area contributed by atoms with E-state index in [2.05, 4.69) is 12.5 Å². The second-order valence-corrected chi connectivity index (χ2v) is 19.4. The van der Waals surface area contributed by atoms with Crippen molar-refractivity contribution in [3.05, 3.63) is 158 Å². The lowest BCUT2D eigenvalue weighted by atomic mass is 9.12. The SMILES string of the molecule is C[S+](C)CC(=C(C(=O)OC(C)(C)C)C(=O)OC(C)(C)C)c1ccccc1.Fc1c(F)c(F)c([B-](c2c(F)c(F)c(F)c(F)c2F)(c2c(F)c(F)c(F)c(F)c2F)c2c(F)c(F)c(F)c(F)c2F)c(F)c1F. The van der Waals surface area contributed by atoms with Gasteiger partial charge in [0.1, 0.15) is 69.6 Å². The molecule has 4 nitrogen and oxygen atoms in total. The molecule has 0 radical (unpaired) electrons. The molecule has 71 heavy (non-hydrogen) atoms. The quantitative estimate of drug-likeness (QED) is 0.0170. The van der Waals surface area contributed by atoms with E-state index < -0.39 is 167 Å². The Balaban J connectivity index is 0.000000359. The monoisotopic (exact) mass is 1060 g/mol. The summed E-state index contributed by atoms with van der Waals surface area (Å²) in [6.45, 7) is 10.7. The van der Waals surface area contributed by atoms with E-state index >= 15 is 35.1 Å². The summed E-state index contributed by atoms with van der Waals surface area (Å²) in [4.78, 5) is 25.8. The van der Waals surface area contributed by atoms with Crippen molar-refractivity contribution in [3.63, 3.8) is 0 Å². The highest BCUT2D eigenvalue weighted by Gasteiger charge is 2.52. The zero-order chi connectivity index (χ0) is 54.5. The number of carbonyl (C=O) groups is 2. The Morgan fingerprint density at radius 2 is 0.606 bits per heavy atom. The van der Waals surface area contributed by atoms with Gasteiger partial charge in [0.2, 0.25) is 0 Å². The van der Waals surface area contributed by atoms with Gasteiger partial charge >= 0.3 is 11.9 Å². The summed E-state index contributed by atoms with van der Waals surface area (Å²) in [6, 6.07) is 9.48. The van der Waals surface area contributed by atoms with E-state index in [9.17, 15) is 62.3 Å². The van der Waals surface area contributed by atoms with Gasteiger partial charge in [-0.25, -0.2) is 97.4 Å². The van der Waals surface area contributed by atoms with E-state index in [-0.39, 0.29) is 16.5 Å². The zero-order valence-corrected chi connectivity index (χ0v) is 38.1. The molecule has 0 heterocycles. The second kappa shape index (κ2) is 20.9. The molecule has 5 aromatic carbocycles. The number of ether oxygens (including phenoxy) is 2. The predicted molar refractivity (Wildman–Crippen MR) is 218 cm³/mol. The molecule has 5 rings (SSSR count). The van der Waals surface area contributed by atoms with Gasteiger partial charge in [0.25, 0.3) is 0 Å². The van der Waals surface area contributed by atoms with Gasteiger partial charge in [-0.2, -0.15) is 0 Å². The highest BCUT2D eigenvalue weighted by molar-refractivity contribution is 7.95. The number of hydrogen-bond acceptors (Lipinski definition) is 4. The van der Waals surface area contributed by atoms with Crippen molar-refractivity contribution in [2.45, 2.75) is 52.7 Å². The summed E-state index contributed by atoms with van der Waals surface area (Å²) in [5.74, 6) is -72.1. The van der Waals surface area contributed by atoms with E-state index in [0.717, 1.165) is 5.56 Å². The topological polar surface area (TPSA) is 52.6 Å². The fourth-order valence-corrected chi connectivity index (χ4v) is 7.98. The molecule has 384 valence electrons. The van der Waals surface area contributed by atoms with Crippen LogP contribution in [0.4, 0.5) is 87.8 Å². The molecule has 0 saturated carbocycles. The van der Waals surface area contributed by atoms with Crippen LogP contribution in [0.1, 0.15) is 47.1 Å². The van der Waals surface area contributed by atoms with Crippen LogP contribution in [0.2, 0.25) is 0 Å². The van der Waals surface area contributed by atoms with Crippen LogP contribution in [0, 0.1) is 116 Å². The molecule has 26 heteroatoms. The third-order valence-corrected chi connectivity index (χ3v) is 10.6. The maximum absolute atomic E-state index is 15.4. The minimum absolute atomic E-state index is 0.0118. The van der Waals surface area contributed by atoms with E-state index in [1.165, 1.54) is 0 Å². The molecule has 0 saturated heterocycles. The lowest BCUT2D eigenvalue weighted by Gasteiger charge is -2.44. The van der Waals surface area contributed by atoms with Gasteiger partial charge < -0.3 is 9.47 Å². The number of esters is 2. The summed E-state index contributed by atoms with van der Waals surface area (Å²) in [7, 11) is -0.0195. The van der Waals surface area contributed by atoms with Crippen LogP contribution in [0.3, 0.4) is 0 Å². The number of benzene rings is 5. The number of hydrogen-bond donors (Lipinski definition) is 0. The van der Waals surface area contributed by atoms with Crippen molar-refractivity contribution in [3.8, 4) is 0 Å². The van der Waals surface area contributed by atoms with Gasteiger partial charge in [-0.3, -0.25) is 0 Å². The molecule has 0 amide bonds. The standard InChI is InChI=1S/C24BF20.C21H31O4S/c26-5-1(6(27)14(35)21(42)13(5)34)25(2-7(28)15(36)22(43)16(37)8(2)29,3-9(30)17(38)23(44)18(39)10(3)31)4-11(32)19(40)24(45)20(41)12(4)33;1-20(2,3)24-18(22)17(19(23)25-21(4,5)6)16(14-26(7)8)15-12-10-9-11-13-15/h;9-13H,14H2,1-8H3/q-1;+1. The highest BCUT2D eigenvalue weighted by atomic mass is 32.2. The molecule has 0 aliphatic rings. The van der Waals surface area contributed by atoms with Crippen LogP contribution in [0.5, 0.6) is 0 Å². The Labute approximate surface area is 391 Å². The largest absolute Gasteiger partial charge is 0.456 e. The van der Waals surface area contributed by atoms with Crippen molar-refractivity contribution in [1.82, 2.24) is 0 Å². The van der Waals surface area contributed by atoms with E-state index in [0.29, 0.717) is 11.3 Å². The fourth-order valence-electron chi connectivity index (χ4n) is 7.09. The summed E-state index contributed by atoms with van der Waals surface area (Å²) in [5.41, 5.74) is -14.2. The van der Waals surface area contributed by atoms with Crippen LogP contribution in [-0.2, 0) is 30.0 Å². The van der Waals surface area contributed by atoms with Gasteiger partial charge in [0, 0.05) is 5.57 Å². The van der Waals surface area contributed by atoms with E-state index in [4.69, 9.17) is 9.47 Å². The Morgan fingerprint density at radius 1 is 0.394 bits per heavy atom. The molecule has 0 spiro atoms. The van der Waals surface area contributed by atoms with Crippen LogP contribution in [0.25, 0.3) is 5.57 Å². The molecule has 0 unspecified atom stereocenters. The Bertz CT molecular complexity index is 2580. The average Bonchev–Trinajstić information content (AvgIpc) is 3.27. The molecular formula is C45H31BF20O4S. The highest BCUT2D eigenvalue weighted by Crippen LogP contribution is 2.32. The van der Waals surface area contributed by atoms with Crippen LogP contribution >= 0.6 is 0 Å². The van der Waals surface area contributed by atoms with Gasteiger partial charge in [-0.15, -0.1) is 21.9 Å².